The van der Waals surface area contributed by atoms with Gasteiger partial charge in [0.15, 0.2) is 0 Å². The Labute approximate surface area is 249 Å². The van der Waals surface area contributed by atoms with Crippen LogP contribution in [-0.2, 0) is 19.1 Å². The van der Waals surface area contributed by atoms with E-state index in [0.29, 0.717) is 13.2 Å². The van der Waals surface area contributed by atoms with E-state index in [2.05, 4.69) is 50.3 Å². The van der Waals surface area contributed by atoms with Crippen molar-refractivity contribution in [3.05, 3.63) is 36.5 Å². The van der Waals surface area contributed by atoms with Gasteiger partial charge in [0, 0.05) is 13.8 Å². The van der Waals surface area contributed by atoms with Crippen molar-refractivity contribution in [1.29, 1.82) is 0 Å². The Morgan fingerprint density at radius 1 is 0.425 bits per heavy atom. The second-order valence-electron chi connectivity index (χ2n) is 10.7. The van der Waals surface area contributed by atoms with E-state index in [0.717, 1.165) is 25.7 Å². The van der Waals surface area contributed by atoms with Crippen LogP contribution in [0.4, 0.5) is 0 Å². The molecule has 0 unspecified atom stereocenters. The first-order valence-electron chi connectivity index (χ1n) is 16.8. The van der Waals surface area contributed by atoms with Gasteiger partial charge in [0.2, 0.25) is 0 Å². The van der Waals surface area contributed by atoms with Crippen molar-refractivity contribution in [2.75, 3.05) is 13.2 Å². The van der Waals surface area contributed by atoms with Crippen molar-refractivity contribution >= 4 is 11.9 Å². The highest BCUT2D eigenvalue weighted by Gasteiger charge is 1.95. The second-order valence-corrected chi connectivity index (χ2v) is 10.7. The number of unbranched alkanes of at least 4 members (excludes halogenated alkanes) is 17. The molecule has 0 heterocycles. The van der Waals surface area contributed by atoms with Gasteiger partial charge in [0.1, 0.15) is 0 Å². The Hall–Kier alpha value is -1.84. The lowest BCUT2D eigenvalue weighted by molar-refractivity contribution is -0.141. The average molecular weight is 563 g/mol. The van der Waals surface area contributed by atoms with Crippen LogP contribution in [0.15, 0.2) is 36.5 Å². The first kappa shape index (κ1) is 40.3. The van der Waals surface area contributed by atoms with Crippen LogP contribution in [0.1, 0.15) is 169 Å². The standard InChI is InChI=1S/C20H36O2.C16H30O2/c1-3-4-5-6-7-8-9-10-11-12-13-14-15-16-17-18-19-22-20(2)21;1-3-4-5-6-7-8-9-10-11-12-13-14-15-18-16(2)17/h6-7,16-17H,3-5,8-15,18-19H2,1-2H3;4-5H,3,6-15H2,1-2H3/b7-6+,17-16+;5-4+. The molecule has 0 aliphatic heterocycles. The van der Waals surface area contributed by atoms with Crippen molar-refractivity contribution in [3.8, 4) is 0 Å². The molecule has 0 rings (SSSR count). The molecule has 0 saturated carbocycles. The Morgan fingerprint density at radius 2 is 0.775 bits per heavy atom. The largest absolute Gasteiger partial charge is 0.466 e. The molecule has 0 aromatic carbocycles. The smallest absolute Gasteiger partial charge is 0.302 e. The number of esters is 2. The van der Waals surface area contributed by atoms with Gasteiger partial charge in [-0.05, 0) is 64.2 Å². The second kappa shape index (κ2) is 37.2. The highest BCUT2D eigenvalue weighted by atomic mass is 16.5. The van der Waals surface area contributed by atoms with Crippen LogP contribution >= 0.6 is 0 Å². The summed E-state index contributed by atoms with van der Waals surface area (Å²) in [7, 11) is 0. The minimum atomic E-state index is -0.190. The van der Waals surface area contributed by atoms with Gasteiger partial charge in [-0.1, -0.05) is 127 Å². The van der Waals surface area contributed by atoms with E-state index >= 15 is 0 Å². The summed E-state index contributed by atoms with van der Waals surface area (Å²) in [5.74, 6) is -0.350. The lowest BCUT2D eigenvalue weighted by Crippen LogP contribution is -2.00. The van der Waals surface area contributed by atoms with Crippen LogP contribution in [0, 0.1) is 0 Å². The summed E-state index contributed by atoms with van der Waals surface area (Å²) in [4.78, 5) is 21.1. The molecule has 0 aliphatic carbocycles. The average Bonchev–Trinajstić information content (AvgIpc) is 2.93. The molecule has 0 radical (unpaired) electrons. The van der Waals surface area contributed by atoms with Gasteiger partial charge in [-0.25, -0.2) is 0 Å². The highest BCUT2D eigenvalue weighted by Crippen LogP contribution is 2.11. The van der Waals surface area contributed by atoms with E-state index in [1.807, 2.05) is 0 Å². The third-order valence-electron chi connectivity index (χ3n) is 6.61. The molecule has 0 saturated heterocycles. The van der Waals surface area contributed by atoms with Crippen LogP contribution in [0.2, 0.25) is 0 Å². The predicted octanol–water partition coefficient (Wildman–Crippen LogP) is 11.4. The van der Waals surface area contributed by atoms with Gasteiger partial charge < -0.3 is 9.47 Å². The van der Waals surface area contributed by atoms with Crippen molar-refractivity contribution in [2.24, 2.45) is 0 Å². The van der Waals surface area contributed by atoms with E-state index < -0.39 is 0 Å². The molecule has 0 aromatic rings. The molecule has 0 amide bonds. The van der Waals surface area contributed by atoms with E-state index in [1.165, 1.54) is 129 Å². The van der Waals surface area contributed by atoms with Gasteiger partial charge in [0.05, 0.1) is 13.2 Å². The molecule has 0 N–H and O–H groups in total. The van der Waals surface area contributed by atoms with E-state index in [1.54, 1.807) is 0 Å². The third kappa shape index (κ3) is 43.2. The van der Waals surface area contributed by atoms with Gasteiger partial charge in [-0.15, -0.1) is 0 Å². The summed E-state index contributed by atoms with van der Waals surface area (Å²) in [5.41, 5.74) is 0. The Bertz CT molecular complexity index is 606. The Balaban J connectivity index is 0. The Kier molecular flexibility index (Phi) is 37.4. The fourth-order valence-corrected chi connectivity index (χ4v) is 4.22. The fraction of sp³-hybridized carbons (Fsp3) is 0.778. The maximum absolute atomic E-state index is 10.6. The number of hydrogen-bond acceptors (Lipinski definition) is 4. The SMILES string of the molecule is CC/C=C/CCCCCCCCCCOC(C)=O.CCCC/C=C/CCCCCCCC/C=C/CCOC(C)=O. The molecular weight excluding hydrogens is 496 g/mol. The lowest BCUT2D eigenvalue weighted by Gasteiger charge is -2.02. The van der Waals surface area contributed by atoms with Crippen LogP contribution < -0.4 is 0 Å². The predicted molar refractivity (Wildman–Crippen MR) is 174 cm³/mol. The zero-order chi connectivity index (χ0) is 29.8. The van der Waals surface area contributed by atoms with E-state index in [-0.39, 0.29) is 11.9 Å². The van der Waals surface area contributed by atoms with Gasteiger partial charge in [-0.3, -0.25) is 9.59 Å². The van der Waals surface area contributed by atoms with Crippen molar-refractivity contribution in [2.45, 2.75) is 169 Å². The van der Waals surface area contributed by atoms with Gasteiger partial charge in [-0.2, -0.15) is 0 Å². The zero-order valence-corrected chi connectivity index (χ0v) is 27.1. The number of ether oxygens (including phenoxy) is 2. The molecule has 0 spiro atoms. The fourth-order valence-electron chi connectivity index (χ4n) is 4.22. The van der Waals surface area contributed by atoms with Crippen molar-refractivity contribution in [3.63, 3.8) is 0 Å². The zero-order valence-electron chi connectivity index (χ0n) is 27.1. The maximum atomic E-state index is 10.6. The molecule has 0 bridgehead atoms. The summed E-state index contributed by atoms with van der Waals surface area (Å²) in [6.07, 6.45) is 41.4. The van der Waals surface area contributed by atoms with Crippen LogP contribution in [0.3, 0.4) is 0 Å². The van der Waals surface area contributed by atoms with Gasteiger partial charge >= 0.3 is 11.9 Å². The monoisotopic (exact) mass is 562 g/mol. The third-order valence-corrected chi connectivity index (χ3v) is 6.61. The topological polar surface area (TPSA) is 52.6 Å². The molecule has 4 nitrogen and oxygen atoms in total. The lowest BCUT2D eigenvalue weighted by atomic mass is 10.1. The minimum Gasteiger partial charge on any atom is -0.466 e. The summed E-state index contributed by atoms with van der Waals surface area (Å²) < 4.78 is 9.75. The van der Waals surface area contributed by atoms with Gasteiger partial charge in [0.25, 0.3) is 0 Å². The molecule has 40 heavy (non-hydrogen) atoms. The van der Waals surface area contributed by atoms with Crippen LogP contribution in [0.25, 0.3) is 0 Å². The molecule has 0 aromatic heterocycles. The summed E-state index contributed by atoms with van der Waals surface area (Å²) in [6.45, 7) is 8.45. The normalized spacial score (nSPS) is 11.3. The molecule has 4 heteroatoms. The number of hydrogen-bond donors (Lipinski definition) is 0. The van der Waals surface area contributed by atoms with E-state index in [4.69, 9.17) is 9.47 Å². The number of carbonyl (C=O) groups excluding carboxylic acids is 2. The first-order chi connectivity index (χ1) is 19.5. The first-order valence-corrected chi connectivity index (χ1v) is 16.8. The molecule has 0 atom stereocenters. The van der Waals surface area contributed by atoms with Crippen LogP contribution in [-0.4, -0.2) is 25.2 Å². The number of carbonyl (C=O) groups is 2. The van der Waals surface area contributed by atoms with E-state index in [9.17, 15) is 9.59 Å². The highest BCUT2D eigenvalue weighted by molar-refractivity contribution is 5.66. The van der Waals surface area contributed by atoms with Crippen LogP contribution in [0.5, 0.6) is 0 Å². The summed E-state index contributed by atoms with van der Waals surface area (Å²) in [6, 6.07) is 0. The maximum Gasteiger partial charge on any atom is 0.302 e. The Morgan fingerprint density at radius 3 is 1.20 bits per heavy atom. The quantitative estimate of drug-likeness (QED) is 0.0567. The molecule has 0 fully saturated rings. The van der Waals surface area contributed by atoms with Crippen molar-refractivity contribution < 1.29 is 19.1 Å². The summed E-state index contributed by atoms with van der Waals surface area (Å²) >= 11 is 0. The number of allylic oxidation sites excluding steroid dienone is 5. The van der Waals surface area contributed by atoms with Crippen molar-refractivity contribution in [1.82, 2.24) is 0 Å². The minimum absolute atomic E-state index is 0.160. The molecular formula is C36H66O4. The molecule has 234 valence electrons. The number of rotatable bonds is 27. The summed E-state index contributed by atoms with van der Waals surface area (Å²) in [5, 5.41) is 0. The molecule has 0 aliphatic rings.